The van der Waals surface area contributed by atoms with E-state index in [1.54, 1.807) is 85.3 Å². The molecule has 6 aromatic rings. The average Bonchev–Trinajstić information content (AvgIpc) is 4.19. The van der Waals surface area contributed by atoms with Crippen LogP contribution in [-0.2, 0) is 136 Å². The fourth-order valence-electron chi connectivity index (χ4n) is 7.61. The van der Waals surface area contributed by atoms with Crippen molar-refractivity contribution in [2.24, 2.45) is 0 Å². The Bertz CT molecular complexity index is 1980. The van der Waals surface area contributed by atoms with Crippen molar-refractivity contribution < 1.29 is 110 Å². The number of methoxy groups -OCH3 is 12. The van der Waals surface area contributed by atoms with Gasteiger partial charge in [0.15, 0.2) is 0 Å². The van der Waals surface area contributed by atoms with Crippen molar-refractivity contribution >= 4 is 0 Å². The van der Waals surface area contributed by atoms with Gasteiger partial charge < -0.3 is 80.8 Å². The Balaban J connectivity index is 0.000000360. The molecule has 24 nitrogen and oxygen atoms in total. The molecule has 0 aliphatic heterocycles. The van der Waals surface area contributed by atoms with Crippen molar-refractivity contribution in [2.75, 3.05) is 85.3 Å². The van der Waals surface area contributed by atoms with Crippen LogP contribution in [0.3, 0.4) is 0 Å². The van der Waals surface area contributed by atoms with Gasteiger partial charge in [0.05, 0.1) is 148 Å². The van der Waals surface area contributed by atoms with E-state index < -0.39 is 12.6 Å². The van der Waals surface area contributed by atoms with Gasteiger partial charge in [0.2, 0.25) is 12.6 Å². The van der Waals surface area contributed by atoms with Gasteiger partial charge in [-0.15, -0.1) is 0 Å². The van der Waals surface area contributed by atoms with Crippen LogP contribution in [0.2, 0.25) is 0 Å². The summed E-state index contributed by atoms with van der Waals surface area (Å²) >= 11 is 0. The van der Waals surface area contributed by atoms with Crippen LogP contribution in [0.4, 0.5) is 0 Å². The second kappa shape index (κ2) is 31.9. The van der Waals surface area contributed by atoms with E-state index in [9.17, 15) is 0 Å². The largest absolute Gasteiger partial charge is 1.00 e. The van der Waals surface area contributed by atoms with Crippen molar-refractivity contribution in [3.63, 3.8) is 0 Å². The number of rotatable bonds is 30. The molecule has 0 unspecified atom stereocenters. The average molecular weight is 1110 g/mol. The summed E-state index contributed by atoms with van der Waals surface area (Å²) in [6, 6.07) is 11.7. The summed E-state index contributed by atoms with van der Waals surface area (Å²) in [5.41, 5.74) is 9.55. The smallest absolute Gasteiger partial charge is 1.00 e. The molecule has 0 aliphatic rings. The Labute approximate surface area is 448 Å². The molecule has 0 saturated carbocycles. The number of aromatic nitrogens is 12. The van der Waals surface area contributed by atoms with E-state index in [4.69, 9.17) is 87.4 Å². The Morgan fingerprint density at radius 1 is 0.271 bits per heavy atom. The van der Waals surface area contributed by atoms with Crippen LogP contribution in [0.25, 0.3) is 0 Å². The third-order valence-corrected chi connectivity index (χ3v) is 10.0. The maximum atomic E-state index is 5.47. The summed E-state index contributed by atoms with van der Waals surface area (Å²) in [6.07, 6.45) is -1.22. The van der Waals surface area contributed by atoms with Crippen molar-refractivity contribution in [1.29, 1.82) is 0 Å². The summed E-state index contributed by atoms with van der Waals surface area (Å²) < 4.78 is 75.8. The van der Waals surface area contributed by atoms with Gasteiger partial charge in [-0.3, -0.25) is 0 Å². The van der Waals surface area contributed by atoms with E-state index in [0.717, 1.165) is 68.3 Å². The molecule has 6 aromatic heterocycles. The van der Waals surface area contributed by atoms with Gasteiger partial charge >= 0.3 is 29.6 Å². The standard InChI is InChI=1S/2C22H34N6O6.HI.Na/c2*1-29-10-16-7-19(13-32-4)26(23-16)22(27-20(14-33-5)8-17(24-27)11-30-2)28-21(15-34-6)9-18(25-28)12-31-3;;/h2*7-9,22H,10-15H2,1-6H3;1H;/q;;;+1/p-1. The molecule has 0 aliphatic carbocycles. The van der Waals surface area contributed by atoms with Crippen LogP contribution >= 0.6 is 0 Å². The predicted molar refractivity (Wildman–Crippen MR) is 242 cm³/mol. The van der Waals surface area contributed by atoms with Gasteiger partial charge in [0, 0.05) is 85.3 Å². The van der Waals surface area contributed by atoms with E-state index in [-0.39, 0.29) is 53.5 Å². The maximum Gasteiger partial charge on any atom is 1.00 e. The molecule has 26 heteroatoms. The molecule has 0 aromatic carbocycles. The second-order valence-electron chi connectivity index (χ2n) is 15.3. The first-order chi connectivity index (χ1) is 33.2. The third kappa shape index (κ3) is 15.8. The van der Waals surface area contributed by atoms with E-state index >= 15 is 0 Å². The predicted octanol–water partition coefficient (Wildman–Crippen LogP) is -2.58. The normalized spacial score (nSPS) is 11.4. The first-order valence-corrected chi connectivity index (χ1v) is 21.5. The van der Waals surface area contributed by atoms with Crippen LogP contribution in [0.15, 0.2) is 36.4 Å². The maximum absolute atomic E-state index is 5.47. The molecule has 0 radical (unpaired) electrons. The van der Waals surface area contributed by atoms with Gasteiger partial charge in [0.1, 0.15) is 0 Å². The van der Waals surface area contributed by atoms with Gasteiger partial charge in [0.25, 0.3) is 0 Å². The van der Waals surface area contributed by atoms with E-state index in [0.29, 0.717) is 79.3 Å². The van der Waals surface area contributed by atoms with Crippen LogP contribution in [-0.4, -0.2) is 144 Å². The number of hydrogen-bond donors (Lipinski definition) is 0. The molecule has 70 heavy (non-hydrogen) atoms. The summed E-state index contributed by atoms with van der Waals surface area (Å²) in [6.45, 7) is 4.16. The van der Waals surface area contributed by atoms with Crippen LogP contribution < -0.4 is 53.5 Å². The minimum Gasteiger partial charge on any atom is -1.00 e. The molecule has 0 amide bonds. The van der Waals surface area contributed by atoms with Crippen molar-refractivity contribution in [2.45, 2.75) is 91.9 Å². The Morgan fingerprint density at radius 3 is 0.514 bits per heavy atom. The molecule has 0 atom stereocenters. The van der Waals surface area contributed by atoms with Gasteiger partial charge in [-0.05, 0) is 36.4 Å². The van der Waals surface area contributed by atoms with E-state index in [1.807, 2.05) is 64.5 Å². The minimum atomic E-state index is -0.609. The monoisotopic (exact) mass is 1110 g/mol. The zero-order chi connectivity index (χ0) is 49.0. The molecule has 0 fully saturated rings. The zero-order valence-electron chi connectivity index (χ0n) is 42.7. The molecule has 6 rings (SSSR count). The summed E-state index contributed by atoms with van der Waals surface area (Å²) in [5, 5.41) is 29.0. The Hall–Kier alpha value is -3.49. The van der Waals surface area contributed by atoms with Gasteiger partial charge in [-0.2, -0.15) is 30.6 Å². The fraction of sp³-hybridized carbons (Fsp3) is 0.591. The zero-order valence-corrected chi connectivity index (χ0v) is 46.9. The summed E-state index contributed by atoms with van der Waals surface area (Å²) in [5.74, 6) is 0. The SMILES string of the molecule is COCc1cc(COC)n(C(n2nc(COC)cc2COC)n2nc(COC)cc2COC)n1.COCc1cc(COC)n(C(n2nc(COC)cc2COC)n2nc(COC)cc2COC)n1.[I-].[Na+]. The minimum absolute atomic E-state index is 0. The molecule has 6 heterocycles. The Kier molecular flexibility index (Phi) is 27.7. The second-order valence-corrected chi connectivity index (χ2v) is 15.3. The molecule has 0 spiro atoms. The first kappa shape index (κ1) is 60.8. The van der Waals surface area contributed by atoms with E-state index in [2.05, 4.69) is 0 Å². The summed E-state index contributed by atoms with van der Waals surface area (Å²) in [4.78, 5) is 0. The molecule has 0 N–H and O–H groups in total. The van der Waals surface area contributed by atoms with Crippen LogP contribution in [0.5, 0.6) is 0 Å². The topological polar surface area (TPSA) is 218 Å². The van der Waals surface area contributed by atoms with Crippen LogP contribution in [0, 0.1) is 0 Å². The molecule has 0 saturated heterocycles. The van der Waals surface area contributed by atoms with Crippen molar-refractivity contribution in [3.05, 3.63) is 105 Å². The number of ether oxygens (including phenoxy) is 12. The van der Waals surface area contributed by atoms with E-state index in [1.165, 1.54) is 0 Å². The quantitative estimate of drug-likeness (QED) is 0.0334. The number of hydrogen-bond acceptors (Lipinski definition) is 18. The first-order valence-electron chi connectivity index (χ1n) is 21.5. The van der Waals surface area contributed by atoms with Crippen molar-refractivity contribution in [1.82, 2.24) is 58.7 Å². The van der Waals surface area contributed by atoms with Crippen LogP contribution in [0.1, 0.15) is 80.9 Å². The van der Waals surface area contributed by atoms with Gasteiger partial charge in [-0.25, -0.2) is 28.1 Å². The van der Waals surface area contributed by atoms with Gasteiger partial charge in [-0.1, -0.05) is 0 Å². The third-order valence-electron chi connectivity index (χ3n) is 10.0. The number of halogens is 1. The van der Waals surface area contributed by atoms with Crippen molar-refractivity contribution in [3.8, 4) is 0 Å². The molecular formula is C44H68IN12NaO12. The fourth-order valence-corrected chi connectivity index (χ4v) is 7.61. The molecular weight excluding hydrogens is 1040 g/mol. The summed E-state index contributed by atoms with van der Waals surface area (Å²) in [7, 11) is 19.7. The Morgan fingerprint density at radius 2 is 0.400 bits per heavy atom. The number of nitrogens with zero attached hydrogens (tertiary/aromatic N) is 12. The molecule has 384 valence electrons. The molecule has 0 bridgehead atoms.